The number of hydrogen-bond acceptors (Lipinski definition) is 4. The van der Waals surface area contributed by atoms with Gasteiger partial charge in [0, 0.05) is 22.2 Å². The van der Waals surface area contributed by atoms with Gasteiger partial charge >= 0.3 is 5.97 Å². The summed E-state index contributed by atoms with van der Waals surface area (Å²) in [6.07, 6.45) is 3.15. The molecule has 1 saturated carbocycles. The topological polar surface area (TPSA) is 64.3 Å². The molecular formula is C14H19BrN2O2. The summed E-state index contributed by atoms with van der Waals surface area (Å²) < 4.78 is 5.85. The van der Waals surface area contributed by atoms with Crippen LogP contribution in [0.4, 0.5) is 5.69 Å². The van der Waals surface area contributed by atoms with E-state index < -0.39 is 0 Å². The molecule has 0 bridgehead atoms. The third kappa shape index (κ3) is 3.70. The Morgan fingerprint density at radius 1 is 1.53 bits per heavy atom. The van der Waals surface area contributed by atoms with Gasteiger partial charge in [-0.15, -0.1) is 0 Å². The minimum absolute atomic E-state index is 0.294. The lowest BCUT2D eigenvalue weighted by Crippen LogP contribution is -2.21. The van der Waals surface area contributed by atoms with Crippen LogP contribution in [-0.4, -0.2) is 24.7 Å². The first kappa shape index (κ1) is 14.3. The highest BCUT2D eigenvalue weighted by atomic mass is 79.9. The van der Waals surface area contributed by atoms with Crippen molar-refractivity contribution >= 4 is 27.6 Å². The zero-order valence-corrected chi connectivity index (χ0v) is 12.6. The molecule has 104 valence electrons. The molecule has 1 fully saturated rings. The van der Waals surface area contributed by atoms with Crippen LogP contribution < -0.4 is 11.1 Å². The predicted molar refractivity (Wildman–Crippen MR) is 79.3 cm³/mol. The third-order valence-electron chi connectivity index (χ3n) is 3.31. The van der Waals surface area contributed by atoms with E-state index in [1.807, 2.05) is 6.07 Å². The Balaban J connectivity index is 2.04. The van der Waals surface area contributed by atoms with Gasteiger partial charge in [0.05, 0.1) is 12.2 Å². The number of carbonyl (C=O) groups is 1. The molecule has 0 saturated heterocycles. The standard InChI is InChI=1S/C14H19BrN2O2/c1-2-19-14(18)9-3-6-13(12(15)7-9)17-11-5-4-10(16)8-11/h3,6-7,10-11,17H,2,4-5,8,16H2,1H3. The number of halogens is 1. The zero-order chi connectivity index (χ0) is 13.8. The Kier molecular flexibility index (Phi) is 4.82. The van der Waals surface area contributed by atoms with Crippen molar-refractivity contribution in [2.45, 2.75) is 38.3 Å². The normalized spacial score (nSPS) is 22.3. The zero-order valence-electron chi connectivity index (χ0n) is 11.0. The van der Waals surface area contributed by atoms with E-state index in [0.717, 1.165) is 29.4 Å². The lowest BCUT2D eigenvalue weighted by atomic mass is 10.2. The third-order valence-corrected chi connectivity index (χ3v) is 3.97. The average Bonchev–Trinajstić information content (AvgIpc) is 2.78. The van der Waals surface area contributed by atoms with Gasteiger partial charge in [0.25, 0.3) is 0 Å². The van der Waals surface area contributed by atoms with Gasteiger partial charge in [-0.25, -0.2) is 4.79 Å². The minimum atomic E-state index is -0.294. The SMILES string of the molecule is CCOC(=O)c1ccc(NC2CCC(N)C2)c(Br)c1. The molecule has 0 aliphatic heterocycles. The molecule has 1 aliphatic carbocycles. The van der Waals surface area contributed by atoms with Crippen LogP contribution in [-0.2, 0) is 4.74 Å². The van der Waals surface area contributed by atoms with Crippen LogP contribution in [0.5, 0.6) is 0 Å². The largest absolute Gasteiger partial charge is 0.462 e. The van der Waals surface area contributed by atoms with Crippen molar-refractivity contribution in [3.63, 3.8) is 0 Å². The van der Waals surface area contributed by atoms with Crippen molar-refractivity contribution in [2.24, 2.45) is 5.73 Å². The lowest BCUT2D eigenvalue weighted by molar-refractivity contribution is 0.0526. The molecule has 2 atom stereocenters. The average molecular weight is 327 g/mol. The molecule has 0 aromatic heterocycles. The summed E-state index contributed by atoms with van der Waals surface area (Å²) in [7, 11) is 0. The van der Waals surface area contributed by atoms with Crippen molar-refractivity contribution in [1.82, 2.24) is 0 Å². The van der Waals surface area contributed by atoms with Crippen LogP contribution >= 0.6 is 15.9 Å². The minimum Gasteiger partial charge on any atom is -0.462 e. The molecule has 0 spiro atoms. The monoisotopic (exact) mass is 326 g/mol. The number of esters is 1. The number of nitrogens with two attached hydrogens (primary N) is 1. The van der Waals surface area contributed by atoms with Gasteiger partial charge in [-0.2, -0.15) is 0 Å². The van der Waals surface area contributed by atoms with Crippen molar-refractivity contribution in [3.05, 3.63) is 28.2 Å². The molecule has 1 aliphatic rings. The Hall–Kier alpha value is -1.07. The molecule has 2 unspecified atom stereocenters. The number of ether oxygens (including phenoxy) is 1. The first-order valence-electron chi connectivity index (χ1n) is 6.59. The Bertz CT molecular complexity index is 465. The van der Waals surface area contributed by atoms with Crippen molar-refractivity contribution in [3.8, 4) is 0 Å². The Morgan fingerprint density at radius 2 is 2.32 bits per heavy atom. The van der Waals surface area contributed by atoms with Crippen molar-refractivity contribution < 1.29 is 9.53 Å². The molecular weight excluding hydrogens is 308 g/mol. The summed E-state index contributed by atoms with van der Waals surface area (Å²) in [6.45, 7) is 2.18. The maximum Gasteiger partial charge on any atom is 0.338 e. The molecule has 4 nitrogen and oxygen atoms in total. The number of nitrogens with one attached hydrogen (secondary N) is 1. The molecule has 0 radical (unpaired) electrons. The number of carbonyl (C=O) groups excluding carboxylic acids is 1. The van der Waals surface area contributed by atoms with Gasteiger partial charge in [-0.3, -0.25) is 0 Å². The highest BCUT2D eigenvalue weighted by Crippen LogP contribution is 2.28. The van der Waals surface area contributed by atoms with Gasteiger partial charge in [0.15, 0.2) is 0 Å². The second-order valence-corrected chi connectivity index (χ2v) is 5.68. The fraction of sp³-hybridized carbons (Fsp3) is 0.500. The van der Waals surface area contributed by atoms with Gasteiger partial charge in [0.1, 0.15) is 0 Å². The highest BCUT2D eigenvalue weighted by molar-refractivity contribution is 9.10. The van der Waals surface area contributed by atoms with Crippen molar-refractivity contribution in [2.75, 3.05) is 11.9 Å². The fourth-order valence-electron chi connectivity index (χ4n) is 2.34. The van der Waals surface area contributed by atoms with Crippen LogP contribution in [0.1, 0.15) is 36.5 Å². The van der Waals surface area contributed by atoms with E-state index in [9.17, 15) is 4.79 Å². The number of rotatable bonds is 4. The van der Waals surface area contributed by atoms with Gasteiger partial charge in [0.2, 0.25) is 0 Å². The summed E-state index contributed by atoms with van der Waals surface area (Å²) in [5, 5.41) is 3.46. The van der Waals surface area contributed by atoms with E-state index in [-0.39, 0.29) is 5.97 Å². The summed E-state index contributed by atoms with van der Waals surface area (Å²) in [6, 6.07) is 6.19. The molecule has 3 N–H and O–H groups in total. The van der Waals surface area contributed by atoms with Gasteiger partial charge in [-0.05, 0) is 60.3 Å². The molecule has 0 heterocycles. The number of hydrogen-bond donors (Lipinski definition) is 2. The fourth-order valence-corrected chi connectivity index (χ4v) is 2.83. The van der Waals surface area contributed by atoms with E-state index in [1.165, 1.54) is 0 Å². The quantitative estimate of drug-likeness (QED) is 0.835. The van der Waals surface area contributed by atoms with Crippen LogP contribution in [0.15, 0.2) is 22.7 Å². The van der Waals surface area contributed by atoms with Gasteiger partial charge < -0.3 is 15.8 Å². The number of benzene rings is 1. The van der Waals surface area contributed by atoms with Gasteiger partial charge in [-0.1, -0.05) is 0 Å². The Labute approximate surface area is 121 Å². The second kappa shape index (κ2) is 6.39. The predicted octanol–water partition coefficient (Wildman–Crippen LogP) is 2.92. The van der Waals surface area contributed by atoms with Crippen LogP contribution in [0.3, 0.4) is 0 Å². The molecule has 5 heteroatoms. The second-order valence-electron chi connectivity index (χ2n) is 4.83. The maximum atomic E-state index is 11.6. The van der Waals surface area contributed by atoms with Crippen LogP contribution in [0, 0.1) is 0 Å². The summed E-state index contributed by atoms with van der Waals surface area (Å²) >= 11 is 3.49. The van der Waals surface area contributed by atoms with Crippen LogP contribution in [0.25, 0.3) is 0 Å². The maximum absolute atomic E-state index is 11.6. The summed E-state index contributed by atoms with van der Waals surface area (Å²) in [4.78, 5) is 11.6. The first-order valence-corrected chi connectivity index (χ1v) is 7.38. The van der Waals surface area contributed by atoms with Crippen molar-refractivity contribution in [1.29, 1.82) is 0 Å². The summed E-state index contributed by atoms with van der Waals surface area (Å²) in [5.74, 6) is -0.294. The van der Waals surface area contributed by atoms with E-state index in [1.54, 1.807) is 19.1 Å². The van der Waals surface area contributed by atoms with E-state index in [2.05, 4.69) is 21.2 Å². The molecule has 1 aromatic carbocycles. The Morgan fingerprint density at radius 3 is 2.89 bits per heavy atom. The van der Waals surface area contributed by atoms with E-state index in [4.69, 9.17) is 10.5 Å². The van der Waals surface area contributed by atoms with E-state index in [0.29, 0.717) is 24.3 Å². The molecule has 0 amide bonds. The summed E-state index contributed by atoms with van der Waals surface area (Å²) in [5.41, 5.74) is 7.45. The lowest BCUT2D eigenvalue weighted by Gasteiger charge is -2.15. The van der Waals surface area contributed by atoms with Crippen LogP contribution in [0.2, 0.25) is 0 Å². The molecule has 2 rings (SSSR count). The first-order chi connectivity index (χ1) is 9.10. The number of anilines is 1. The smallest absolute Gasteiger partial charge is 0.338 e. The molecule has 1 aromatic rings. The molecule has 19 heavy (non-hydrogen) atoms. The highest BCUT2D eigenvalue weighted by Gasteiger charge is 2.22. The van der Waals surface area contributed by atoms with E-state index >= 15 is 0 Å².